The summed E-state index contributed by atoms with van der Waals surface area (Å²) in [6.45, 7) is 3.95. The van der Waals surface area contributed by atoms with Crippen LogP contribution in [0, 0.1) is 24.0 Å². The third-order valence-electron chi connectivity index (χ3n) is 2.89. The van der Waals surface area contributed by atoms with E-state index in [1.54, 1.807) is 0 Å². The van der Waals surface area contributed by atoms with E-state index in [4.69, 9.17) is 0 Å². The van der Waals surface area contributed by atoms with Crippen LogP contribution in [0.15, 0.2) is 54.7 Å². The van der Waals surface area contributed by atoms with Gasteiger partial charge in [0.15, 0.2) is 0 Å². The molecular formula is C16H15NO2. The zero-order valence-corrected chi connectivity index (χ0v) is 11.0. The van der Waals surface area contributed by atoms with Crippen LogP contribution in [0.2, 0.25) is 0 Å². The molecule has 0 saturated heterocycles. The fourth-order valence-electron chi connectivity index (χ4n) is 2.05. The lowest BCUT2D eigenvalue weighted by Gasteiger charge is -2.07. The Bertz CT molecular complexity index is 597. The summed E-state index contributed by atoms with van der Waals surface area (Å²) in [6, 6.07) is 15.5. The Morgan fingerprint density at radius 3 is 1.84 bits per heavy atom. The second kappa shape index (κ2) is 5.48. The standard InChI is InChI=1S/C16H15NO2/c1-12-5-3-7-14(9-12)16(11-17(18)19)15-8-4-6-13(2)10-15/h3-11H,1-2H3. The summed E-state index contributed by atoms with van der Waals surface area (Å²) in [5.74, 6) is 0. The van der Waals surface area contributed by atoms with Crippen molar-refractivity contribution in [2.24, 2.45) is 0 Å². The van der Waals surface area contributed by atoms with Gasteiger partial charge in [-0.25, -0.2) is 0 Å². The fraction of sp³-hybridized carbons (Fsp3) is 0.125. The van der Waals surface area contributed by atoms with Gasteiger partial charge in [-0.3, -0.25) is 10.1 Å². The Labute approximate surface area is 112 Å². The molecule has 0 aromatic heterocycles. The lowest BCUT2D eigenvalue weighted by molar-refractivity contribution is -0.401. The molecule has 2 rings (SSSR count). The number of aryl methyl sites for hydroxylation is 2. The molecule has 2 aromatic carbocycles. The molecule has 0 atom stereocenters. The number of rotatable bonds is 3. The normalized spacial score (nSPS) is 10.0. The molecule has 0 heterocycles. The Balaban J connectivity index is 2.57. The van der Waals surface area contributed by atoms with Crippen molar-refractivity contribution in [3.63, 3.8) is 0 Å². The van der Waals surface area contributed by atoms with Crippen LogP contribution in [-0.2, 0) is 0 Å². The second-order valence-electron chi connectivity index (χ2n) is 4.57. The zero-order valence-electron chi connectivity index (χ0n) is 11.0. The zero-order chi connectivity index (χ0) is 13.8. The van der Waals surface area contributed by atoms with Crippen molar-refractivity contribution in [1.29, 1.82) is 0 Å². The smallest absolute Gasteiger partial charge is 0.242 e. The van der Waals surface area contributed by atoms with Crippen LogP contribution in [0.3, 0.4) is 0 Å². The Kier molecular flexibility index (Phi) is 3.76. The lowest BCUT2D eigenvalue weighted by atomic mass is 9.96. The van der Waals surface area contributed by atoms with E-state index in [0.717, 1.165) is 28.5 Å². The first-order valence-corrected chi connectivity index (χ1v) is 6.05. The number of benzene rings is 2. The van der Waals surface area contributed by atoms with Crippen LogP contribution in [0.4, 0.5) is 0 Å². The van der Waals surface area contributed by atoms with Gasteiger partial charge < -0.3 is 0 Å². The van der Waals surface area contributed by atoms with E-state index in [9.17, 15) is 10.1 Å². The van der Waals surface area contributed by atoms with Crippen molar-refractivity contribution in [2.75, 3.05) is 0 Å². The quantitative estimate of drug-likeness (QED) is 0.613. The first kappa shape index (κ1) is 13.0. The molecule has 0 saturated carbocycles. The first-order valence-electron chi connectivity index (χ1n) is 6.05. The van der Waals surface area contributed by atoms with Gasteiger partial charge in [-0.15, -0.1) is 0 Å². The molecule has 3 nitrogen and oxygen atoms in total. The van der Waals surface area contributed by atoms with Crippen molar-refractivity contribution in [2.45, 2.75) is 13.8 Å². The predicted molar refractivity (Wildman–Crippen MR) is 76.4 cm³/mol. The summed E-state index contributed by atoms with van der Waals surface area (Å²) in [5.41, 5.74) is 4.53. The number of hydrogen-bond acceptors (Lipinski definition) is 2. The molecule has 0 N–H and O–H groups in total. The van der Waals surface area contributed by atoms with Crippen LogP contribution in [0.5, 0.6) is 0 Å². The summed E-state index contributed by atoms with van der Waals surface area (Å²) in [7, 11) is 0. The van der Waals surface area contributed by atoms with Gasteiger partial charge in [0.25, 0.3) is 0 Å². The molecule has 0 aliphatic carbocycles. The lowest BCUT2D eigenvalue weighted by Crippen LogP contribution is -1.94. The van der Waals surface area contributed by atoms with Crippen LogP contribution < -0.4 is 0 Å². The highest BCUT2D eigenvalue weighted by Gasteiger charge is 2.10. The molecular weight excluding hydrogens is 238 g/mol. The molecule has 0 aliphatic rings. The van der Waals surface area contributed by atoms with E-state index in [2.05, 4.69) is 0 Å². The van der Waals surface area contributed by atoms with Crippen LogP contribution in [-0.4, -0.2) is 4.92 Å². The molecule has 0 aliphatic heterocycles. The number of nitro groups is 1. The largest absolute Gasteiger partial charge is 0.259 e. The van der Waals surface area contributed by atoms with E-state index < -0.39 is 4.92 Å². The average molecular weight is 253 g/mol. The summed E-state index contributed by atoms with van der Waals surface area (Å²) in [6.07, 6.45) is 1.07. The molecule has 3 heteroatoms. The van der Waals surface area contributed by atoms with Gasteiger partial charge in [0.1, 0.15) is 0 Å². The highest BCUT2D eigenvalue weighted by Crippen LogP contribution is 2.24. The van der Waals surface area contributed by atoms with E-state index in [1.165, 1.54) is 0 Å². The van der Waals surface area contributed by atoms with Crippen LogP contribution in [0.1, 0.15) is 22.3 Å². The van der Waals surface area contributed by atoms with Crippen molar-refractivity contribution < 1.29 is 4.92 Å². The molecule has 2 aromatic rings. The molecule has 0 amide bonds. The first-order chi connectivity index (χ1) is 9.06. The van der Waals surface area contributed by atoms with Crippen molar-refractivity contribution in [3.05, 3.63) is 87.1 Å². The number of hydrogen-bond donors (Lipinski definition) is 0. The van der Waals surface area contributed by atoms with E-state index >= 15 is 0 Å². The summed E-state index contributed by atoms with van der Waals surface area (Å²) < 4.78 is 0. The fourth-order valence-corrected chi connectivity index (χ4v) is 2.05. The van der Waals surface area contributed by atoms with Crippen LogP contribution in [0.25, 0.3) is 5.57 Å². The minimum absolute atomic E-state index is 0.403. The Hall–Kier alpha value is -2.42. The minimum atomic E-state index is -0.403. The molecule has 0 bridgehead atoms. The third kappa shape index (κ3) is 3.28. The summed E-state index contributed by atoms with van der Waals surface area (Å²) in [4.78, 5) is 10.5. The van der Waals surface area contributed by atoms with Gasteiger partial charge in [0.05, 0.1) is 10.5 Å². The van der Waals surface area contributed by atoms with E-state index in [1.807, 2.05) is 62.4 Å². The monoisotopic (exact) mass is 253 g/mol. The molecule has 19 heavy (non-hydrogen) atoms. The molecule has 0 fully saturated rings. The van der Waals surface area contributed by atoms with Gasteiger partial charge in [0, 0.05) is 0 Å². The molecule has 0 radical (unpaired) electrons. The Morgan fingerprint density at radius 1 is 1.00 bits per heavy atom. The van der Waals surface area contributed by atoms with Gasteiger partial charge in [-0.1, -0.05) is 59.7 Å². The maximum atomic E-state index is 10.9. The SMILES string of the molecule is Cc1cccc(C(=C[N+](=O)[O-])c2cccc(C)c2)c1. The second-order valence-corrected chi connectivity index (χ2v) is 4.57. The predicted octanol–water partition coefficient (Wildman–Crippen LogP) is 3.97. The van der Waals surface area contributed by atoms with E-state index in [-0.39, 0.29) is 0 Å². The minimum Gasteiger partial charge on any atom is -0.259 e. The maximum Gasteiger partial charge on any atom is 0.242 e. The Morgan fingerprint density at radius 2 is 1.47 bits per heavy atom. The molecule has 0 spiro atoms. The average Bonchev–Trinajstić information content (AvgIpc) is 2.35. The van der Waals surface area contributed by atoms with Crippen molar-refractivity contribution in [1.82, 2.24) is 0 Å². The van der Waals surface area contributed by atoms with Gasteiger partial charge in [-0.05, 0) is 25.0 Å². The third-order valence-corrected chi connectivity index (χ3v) is 2.89. The topological polar surface area (TPSA) is 43.1 Å². The maximum absolute atomic E-state index is 10.9. The highest BCUT2D eigenvalue weighted by molar-refractivity contribution is 5.79. The van der Waals surface area contributed by atoms with Crippen molar-refractivity contribution >= 4 is 5.57 Å². The molecule has 0 unspecified atom stereocenters. The summed E-state index contributed by atoms with van der Waals surface area (Å²) >= 11 is 0. The van der Waals surface area contributed by atoms with Gasteiger partial charge in [0.2, 0.25) is 6.20 Å². The van der Waals surface area contributed by atoms with Crippen molar-refractivity contribution in [3.8, 4) is 0 Å². The molecule has 96 valence electrons. The summed E-state index contributed by atoms with van der Waals surface area (Å²) in [5, 5.41) is 10.9. The van der Waals surface area contributed by atoms with Crippen LogP contribution >= 0.6 is 0 Å². The highest BCUT2D eigenvalue weighted by atomic mass is 16.6. The van der Waals surface area contributed by atoms with Gasteiger partial charge in [-0.2, -0.15) is 0 Å². The van der Waals surface area contributed by atoms with E-state index in [0.29, 0.717) is 5.57 Å². The van der Waals surface area contributed by atoms with Gasteiger partial charge >= 0.3 is 0 Å². The number of nitrogens with zero attached hydrogens (tertiary/aromatic N) is 1.